The van der Waals surface area contributed by atoms with Crippen LogP contribution in [0, 0.1) is 25.2 Å². The van der Waals surface area contributed by atoms with Crippen LogP contribution in [0.3, 0.4) is 0 Å². The number of fused-ring (bicyclic) bond motifs is 6. The van der Waals surface area contributed by atoms with Crippen LogP contribution in [0.15, 0.2) is 170 Å². The zero-order chi connectivity index (χ0) is 36.3. The smallest absolute Gasteiger partial charge is 0.0993 e. The summed E-state index contributed by atoms with van der Waals surface area (Å²) in [4.78, 5) is 4.41. The van der Waals surface area contributed by atoms with Crippen molar-refractivity contribution in [3.8, 4) is 50.8 Å². The summed E-state index contributed by atoms with van der Waals surface area (Å²) in [5, 5.41) is 15.3. The van der Waals surface area contributed by atoms with Crippen LogP contribution >= 0.6 is 0 Å². The van der Waals surface area contributed by atoms with Crippen molar-refractivity contribution in [2.75, 3.05) is 0 Å². The maximum atomic E-state index is 10.7. The average Bonchev–Trinajstić information content (AvgIpc) is 3.73. The highest BCUT2D eigenvalue weighted by Gasteiger charge is 2.23. The summed E-state index contributed by atoms with van der Waals surface area (Å²) >= 11 is 0. The van der Waals surface area contributed by atoms with Crippen LogP contribution in [0.2, 0.25) is 0 Å². The Hall–Kier alpha value is -7.22. The van der Waals surface area contributed by atoms with Crippen LogP contribution in [-0.2, 0) is 0 Å². The molecule has 4 heteroatoms. The summed E-state index contributed by atoms with van der Waals surface area (Å²) < 4.78 is 4.68. The number of aryl methyl sites for hydroxylation is 2. The third-order valence-corrected chi connectivity index (χ3v) is 10.7. The largest absolute Gasteiger partial charge is 0.308 e. The minimum atomic E-state index is 0.586. The van der Waals surface area contributed by atoms with E-state index in [1.165, 1.54) is 33.4 Å². The van der Waals surface area contributed by atoms with Crippen LogP contribution in [0.25, 0.3) is 88.4 Å². The normalized spacial score (nSPS) is 11.5. The van der Waals surface area contributed by atoms with Gasteiger partial charge in [0, 0.05) is 39.5 Å². The van der Waals surface area contributed by atoms with Crippen molar-refractivity contribution in [1.82, 2.24) is 14.1 Å². The molecule has 3 heterocycles. The summed E-state index contributed by atoms with van der Waals surface area (Å²) in [6.45, 7) is 4.27. The van der Waals surface area contributed by atoms with Crippen molar-refractivity contribution in [2.45, 2.75) is 13.8 Å². The molecule has 254 valence electrons. The maximum absolute atomic E-state index is 10.7. The van der Waals surface area contributed by atoms with E-state index in [9.17, 15) is 5.26 Å². The Kier molecular flexibility index (Phi) is 7.28. The first-order valence-electron chi connectivity index (χ1n) is 18.3. The summed E-state index contributed by atoms with van der Waals surface area (Å²) in [6, 6.07) is 58.8. The maximum Gasteiger partial charge on any atom is 0.0993 e. The van der Waals surface area contributed by atoms with Gasteiger partial charge >= 0.3 is 0 Å². The third kappa shape index (κ3) is 5.02. The third-order valence-electron chi connectivity index (χ3n) is 10.7. The molecule has 0 bridgehead atoms. The lowest BCUT2D eigenvalue weighted by atomic mass is 9.98. The summed E-state index contributed by atoms with van der Waals surface area (Å²) in [5.41, 5.74) is 16.0. The molecule has 0 amide bonds. The molecule has 0 radical (unpaired) electrons. The summed E-state index contributed by atoms with van der Waals surface area (Å²) in [6.07, 6.45) is 3.70. The van der Waals surface area contributed by atoms with Gasteiger partial charge in [-0.05, 0) is 102 Å². The molecule has 0 N–H and O–H groups in total. The molecular weight excluding hydrogens is 657 g/mol. The molecule has 10 aromatic rings. The number of benzene rings is 7. The van der Waals surface area contributed by atoms with Gasteiger partial charge in [0.05, 0.1) is 45.1 Å². The molecule has 10 rings (SSSR count). The van der Waals surface area contributed by atoms with Crippen molar-refractivity contribution >= 4 is 43.6 Å². The van der Waals surface area contributed by atoms with Gasteiger partial charge in [0.1, 0.15) is 0 Å². The number of hydrogen-bond acceptors (Lipinski definition) is 2. The molecule has 0 aliphatic rings. The number of pyridine rings is 1. The standard InChI is InChI=1S/C50H34N4/c1-32-9-7-11-36(25-32)38-17-19-46-42(29-38)40-13-3-5-15-44(40)53(46)48-27-34(31-51)28-49(50(48)35-21-23-52-24-22-35)54-45-16-6-4-14-41(45)43-30-39(18-20-47(43)54)37-12-8-10-33(2)26-37/h3-30H,1-2H3. The quantitative estimate of drug-likeness (QED) is 0.180. The number of aromatic nitrogens is 3. The molecule has 0 atom stereocenters. The molecule has 0 unspecified atom stereocenters. The number of nitriles is 1. The van der Waals surface area contributed by atoms with E-state index < -0.39 is 0 Å². The van der Waals surface area contributed by atoms with Gasteiger partial charge in [-0.25, -0.2) is 0 Å². The number of nitrogens with zero attached hydrogens (tertiary/aromatic N) is 4. The topological polar surface area (TPSA) is 46.5 Å². The van der Waals surface area contributed by atoms with Gasteiger partial charge < -0.3 is 9.13 Å². The van der Waals surface area contributed by atoms with Crippen LogP contribution in [0.1, 0.15) is 16.7 Å². The minimum Gasteiger partial charge on any atom is -0.308 e. The minimum absolute atomic E-state index is 0.586. The first-order valence-corrected chi connectivity index (χ1v) is 18.3. The highest BCUT2D eigenvalue weighted by molar-refractivity contribution is 6.13. The first-order chi connectivity index (χ1) is 26.6. The van der Waals surface area contributed by atoms with Gasteiger partial charge in [-0.1, -0.05) is 108 Å². The number of hydrogen-bond donors (Lipinski definition) is 0. The van der Waals surface area contributed by atoms with E-state index in [2.05, 4.69) is 180 Å². The van der Waals surface area contributed by atoms with Crippen LogP contribution in [-0.4, -0.2) is 14.1 Å². The molecular formula is C50H34N4. The Balaban J connectivity index is 1.31. The molecule has 4 nitrogen and oxygen atoms in total. The van der Waals surface area contributed by atoms with Crippen molar-refractivity contribution in [3.05, 3.63) is 187 Å². The fourth-order valence-corrected chi connectivity index (χ4v) is 8.32. The van der Waals surface area contributed by atoms with Crippen LogP contribution in [0.4, 0.5) is 0 Å². The van der Waals surface area contributed by atoms with E-state index in [0.717, 1.165) is 66.1 Å². The lowest BCUT2D eigenvalue weighted by molar-refractivity contribution is 1.13. The van der Waals surface area contributed by atoms with Crippen LogP contribution < -0.4 is 0 Å². The zero-order valence-corrected chi connectivity index (χ0v) is 30.0. The Morgan fingerprint density at radius 1 is 0.426 bits per heavy atom. The van der Waals surface area contributed by atoms with Crippen molar-refractivity contribution < 1.29 is 0 Å². The second kappa shape index (κ2) is 12.5. The van der Waals surface area contributed by atoms with E-state index in [-0.39, 0.29) is 0 Å². The van der Waals surface area contributed by atoms with E-state index in [0.29, 0.717) is 5.56 Å². The fourth-order valence-electron chi connectivity index (χ4n) is 8.32. The van der Waals surface area contributed by atoms with Crippen molar-refractivity contribution in [1.29, 1.82) is 5.26 Å². The highest BCUT2D eigenvalue weighted by atomic mass is 15.0. The van der Waals surface area contributed by atoms with Gasteiger partial charge in [0.2, 0.25) is 0 Å². The summed E-state index contributed by atoms with van der Waals surface area (Å²) in [5.74, 6) is 0. The van der Waals surface area contributed by atoms with Gasteiger partial charge in [0.15, 0.2) is 0 Å². The molecule has 3 aromatic heterocycles. The van der Waals surface area contributed by atoms with Crippen LogP contribution in [0.5, 0.6) is 0 Å². The monoisotopic (exact) mass is 690 g/mol. The van der Waals surface area contributed by atoms with E-state index in [1.54, 1.807) is 0 Å². The Morgan fingerprint density at radius 2 is 0.889 bits per heavy atom. The van der Waals surface area contributed by atoms with Gasteiger partial charge in [-0.2, -0.15) is 5.26 Å². The second-order valence-electron chi connectivity index (χ2n) is 14.1. The Morgan fingerprint density at radius 3 is 1.37 bits per heavy atom. The molecule has 0 saturated carbocycles. The predicted molar refractivity (Wildman–Crippen MR) is 223 cm³/mol. The van der Waals surface area contributed by atoms with E-state index in [1.807, 2.05) is 24.5 Å². The number of para-hydroxylation sites is 2. The van der Waals surface area contributed by atoms with Gasteiger partial charge in [-0.15, -0.1) is 0 Å². The molecule has 0 fully saturated rings. The van der Waals surface area contributed by atoms with Crippen molar-refractivity contribution in [2.24, 2.45) is 0 Å². The highest BCUT2D eigenvalue weighted by Crippen LogP contribution is 2.43. The van der Waals surface area contributed by atoms with Gasteiger partial charge in [0.25, 0.3) is 0 Å². The Bertz CT molecular complexity index is 2950. The van der Waals surface area contributed by atoms with E-state index in [4.69, 9.17) is 0 Å². The SMILES string of the molecule is Cc1cccc(-c2ccc3c(c2)c2ccccc2n3-c2cc(C#N)cc(-n3c4ccccc4c4cc(-c5cccc(C)c5)ccc43)c2-c2ccncc2)c1. The molecule has 54 heavy (non-hydrogen) atoms. The molecule has 0 saturated heterocycles. The van der Waals surface area contributed by atoms with E-state index >= 15 is 0 Å². The Labute approximate surface area is 313 Å². The predicted octanol–water partition coefficient (Wildman–Crippen LogP) is 12.8. The molecule has 0 aliphatic heterocycles. The van der Waals surface area contributed by atoms with Gasteiger partial charge in [-0.3, -0.25) is 4.98 Å². The summed E-state index contributed by atoms with van der Waals surface area (Å²) in [7, 11) is 0. The average molecular weight is 691 g/mol. The second-order valence-corrected chi connectivity index (χ2v) is 14.1. The molecule has 7 aromatic carbocycles. The lowest BCUT2D eigenvalue weighted by Crippen LogP contribution is -2.05. The zero-order valence-electron chi connectivity index (χ0n) is 30.0. The first kappa shape index (κ1) is 31.5. The van der Waals surface area contributed by atoms with Crippen molar-refractivity contribution in [3.63, 3.8) is 0 Å². The lowest BCUT2D eigenvalue weighted by Gasteiger charge is -2.21. The number of rotatable bonds is 5. The fraction of sp³-hybridized carbons (Fsp3) is 0.0400. The molecule has 0 spiro atoms. The molecule has 0 aliphatic carbocycles.